The van der Waals surface area contributed by atoms with Crippen LogP contribution in [-0.2, 0) is 11.1 Å². The van der Waals surface area contributed by atoms with Crippen molar-refractivity contribution in [3.63, 3.8) is 0 Å². The monoisotopic (exact) mass is 274 g/mol. The van der Waals surface area contributed by atoms with Crippen molar-refractivity contribution in [1.29, 1.82) is 0 Å². The van der Waals surface area contributed by atoms with Gasteiger partial charge in [0, 0.05) is 5.75 Å². The molecule has 0 aliphatic carbocycles. The van der Waals surface area contributed by atoms with Gasteiger partial charge in [-0.15, -0.1) is 0 Å². The summed E-state index contributed by atoms with van der Waals surface area (Å²) < 4.78 is 58.6. The van der Waals surface area contributed by atoms with Crippen LogP contribution in [0.15, 0.2) is 30.3 Å². The molecule has 0 aliphatic rings. The van der Waals surface area contributed by atoms with E-state index in [1.807, 2.05) is 0 Å². The summed E-state index contributed by atoms with van der Waals surface area (Å²) in [4.78, 5) is 0. The van der Waals surface area contributed by atoms with Crippen LogP contribution in [0.25, 0.3) is 0 Å². The van der Waals surface area contributed by atoms with Crippen LogP contribution in [0.1, 0.15) is 17.9 Å². The molecule has 0 saturated carbocycles. The van der Waals surface area contributed by atoms with E-state index in [1.54, 1.807) is 6.07 Å². The molecule has 1 rings (SSSR count). The minimum Gasteiger partial charge on any atom is -0.772 e. The van der Waals surface area contributed by atoms with Crippen molar-refractivity contribution in [2.45, 2.75) is 18.5 Å². The van der Waals surface area contributed by atoms with Gasteiger partial charge in [0.2, 0.25) is 0 Å². The van der Waals surface area contributed by atoms with Gasteiger partial charge >= 0.3 is 35.7 Å². The van der Waals surface area contributed by atoms with E-state index in [2.05, 4.69) is 0 Å². The van der Waals surface area contributed by atoms with Crippen molar-refractivity contribution in [1.82, 2.24) is 0 Å². The van der Waals surface area contributed by atoms with E-state index < -0.39 is 35.3 Å². The molecule has 0 aromatic heterocycles. The smallest absolute Gasteiger partial charge is 0.772 e. The van der Waals surface area contributed by atoms with Crippen LogP contribution in [0.5, 0.6) is 0 Å². The largest absolute Gasteiger partial charge is 1.00 e. The number of hydrogen-bond acceptors (Lipinski definition) is 2. The average Bonchev–Trinajstić information content (AvgIpc) is 2.17. The second kappa shape index (κ2) is 7.53. The van der Waals surface area contributed by atoms with Gasteiger partial charge in [0.15, 0.2) is 0 Å². The zero-order chi connectivity index (χ0) is 12.2. The second-order valence-electron chi connectivity index (χ2n) is 3.30. The molecule has 0 aliphatic heterocycles. The Bertz CT molecular complexity index is 356. The Kier molecular flexibility index (Phi) is 7.58. The van der Waals surface area contributed by atoms with Crippen LogP contribution in [0, 0.1) is 0 Å². The molecule has 0 fully saturated rings. The summed E-state index contributed by atoms with van der Waals surface area (Å²) in [5, 5.41) is 0. The molecule has 0 amide bonds. The van der Waals surface area contributed by atoms with E-state index in [-0.39, 0.29) is 35.1 Å². The third-order valence-electron chi connectivity index (χ3n) is 2.17. The maximum absolute atomic E-state index is 12.7. The Balaban J connectivity index is 0.00000256. The molecule has 1 aromatic carbocycles. The Labute approximate surface area is 122 Å². The SMILES string of the molecule is O=S([O-])CCC(c1ccccc1)C(F)(F)F.[Na+]. The molecule has 0 spiro atoms. The van der Waals surface area contributed by atoms with Crippen LogP contribution in [-0.4, -0.2) is 20.7 Å². The molecule has 1 aromatic rings. The summed E-state index contributed by atoms with van der Waals surface area (Å²) in [5.74, 6) is -2.20. The van der Waals surface area contributed by atoms with Crippen molar-refractivity contribution in [3.8, 4) is 0 Å². The number of hydrogen-bond donors (Lipinski definition) is 0. The van der Waals surface area contributed by atoms with Gasteiger partial charge in [0.05, 0.1) is 5.92 Å². The minimum atomic E-state index is -4.42. The molecule has 90 valence electrons. The Morgan fingerprint density at radius 3 is 2.18 bits per heavy atom. The molecule has 0 heterocycles. The van der Waals surface area contributed by atoms with Crippen molar-refractivity contribution in [3.05, 3.63) is 35.9 Å². The number of benzene rings is 1. The molecule has 2 atom stereocenters. The minimum absolute atomic E-state index is 0. The summed E-state index contributed by atoms with van der Waals surface area (Å²) >= 11 is -2.44. The molecular formula is C10H10F3NaO2S. The van der Waals surface area contributed by atoms with Gasteiger partial charge in [-0.2, -0.15) is 13.2 Å². The van der Waals surface area contributed by atoms with Crippen LogP contribution in [0.2, 0.25) is 0 Å². The number of halogens is 3. The molecule has 2 nitrogen and oxygen atoms in total. The fourth-order valence-electron chi connectivity index (χ4n) is 1.42. The number of rotatable bonds is 4. The van der Waals surface area contributed by atoms with Gasteiger partial charge in [0.25, 0.3) is 0 Å². The fraction of sp³-hybridized carbons (Fsp3) is 0.400. The van der Waals surface area contributed by atoms with Gasteiger partial charge in [-0.3, -0.25) is 4.21 Å². The normalized spacial score (nSPS) is 14.8. The predicted octanol–water partition coefficient (Wildman–Crippen LogP) is -0.394. The van der Waals surface area contributed by atoms with Crippen LogP contribution in [0.4, 0.5) is 13.2 Å². The molecule has 7 heteroatoms. The van der Waals surface area contributed by atoms with Gasteiger partial charge < -0.3 is 4.55 Å². The van der Waals surface area contributed by atoms with Crippen LogP contribution in [0.3, 0.4) is 0 Å². The maximum Gasteiger partial charge on any atom is 1.00 e. The maximum atomic E-state index is 12.7. The van der Waals surface area contributed by atoms with Gasteiger partial charge in [-0.25, -0.2) is 0 Å². The van der Waals surface area contributed by atoms with Crippen LogP contribution >= 0.6 is 0 Å². The Hall–Kier alpha value is 0.120. The van der Waals surface area contributed by atoms with Gasteiger partial charge in [-0.05, 0) is 12.0 Å². The zero-order valence-corrected chi connectivity index (χ0v) is 12.1. The average molecular weight is 274 g/mol. The Morgan fingerprint density at radius 2 is 1.76 bits per heavy atom. The molecule has 17 heavy (non-hydrogen) atoms. The zero-order valence-electron chi connectivity index (χ0n) is 9.24. The fourth-order valence-corrected chi connectivity index (χ4v) is 1.85. The van der Waals surface area contributed by atoms with Crippen molar-refractivity contribution >= 4 is 11.1 Å². The van der Waals surface area contributed by atoms with Gasteiger partial charge in [-0.1, -0.05) is 41.4 Å². The van der Waals surface area contributed by atoms with Gasteiger partial charge in [0.1, 0.15) is 0 Å². The summed E-state index contributed by atoms with van der Waals surface area (Å²) in [6, 6.07) is 7.32. The molecule has 0 bridgehead atoms. The first-order valence-corrected chi connectivity index (χ1v) is 5.83. The summed E-state index contributed by atoms with van der Waals surface area (Å²) in [6.07, 6.45) is -4.86. The topological polar surface area (TPSA) is 40.1 Å². The Morgan fingerprint density at radius 1 is 1.24 bits per heavy atom. The molecule has 0 radical (unpaired) electrons. The standard InChI is InChI=1S/C10H11F3O2S.Na/c11-10(12,13)9(6-7-16(14)15)8-4-2-1-3-5-8;/h1-5,9H,6-7H2,(H,14,15);/q;+1/p-1. The van der Waals surface area contributed by atoms with Crippen molar-refractivity contribution in [2.75, 3.05) is 5.75 Å². The quantitative estimate of drug-likeness (QED) is 0.554. The van der Waals surface area contributed by atoms with E-state index in [0.717, 1.165) is 0 Å². The van der Waals surface area contributed by atoms with E-state index >= 15 is 0 Å². The third kappa shape index (κ3) is 6.01. The molecule has 2 unspecified atom stereocenters. The predicted molar refractivity (Wildman–Crippen MR) is 53.6 cm³/mol. The van der Waals surface area contributed by atoms with Crippen LogP contribution < -0.4 is 29.6 Å². The first-order chi connectivity index (χ1) is 7.41. The number of alkyl halides is 3. The molecule has 0 N–H and O–H groups in total. The third-order valence-corrected chi connectivity index (χ3v) is 2.74. The molecular weight excluding hydrogens is 264 g/mol. The molecule has 0 saturated heterocycles. The first-order valence-electron chi connectivity index (χ1n) is 4.59. The van der Waals surface area contributed by atoms with E-state index in [4.69, 9.17) is 0 Å². The first kappa shape index (κ1) is 17.1. The van der Waals surface area contributed by atoms with E-state index in [9.17, 15) is 21.9 Å². The summed E-state index contributed by atoms with van der Waals surface area (Å²) in [7, 11) is 0. The van der Waals surface area contributed by atoms with Crippen molar-refractivity contribution in [2.24, 2.45) is 0 Å². The summed E-state index contributed by atoms with van der Waals surface area (Å²) in [6.45, 7) is 0. The second-order valence-corrected chi connectivity index (χ2v) is 4.32. The van der Waals surface area contributed by atoms with E-state index in [0.29, 0.717) is 0 Å². The van der Waals surface area contributed by atoms with Crippen molar-refractivity contribution < 1.29 is 51.5 Å². The van der Waals surface area contributed by atoms with E-state index in [1.165, 1.54) is 24.3 Å². The summed E-state index contributed by atoms with van der Waals surface area (Å²) in [5.41, 5.74) is 0.0976.